The summed E-state index contributed by atoms with van der Waals surface area (Å²) in [6.45, 7) is 6.34. The van der Waals surface area contributed by atoms with E-state index in [1.54, 1.807) is 0 Å². The third-order valence-electron chi connectivity index (χ3n) is 5.58. The SMILES string of the molecule is CCNC(=NCCc1noc(CC)n1)N1CCS(=O)(=O)C2(CCCCC2)C1.I. The predicted octanol–water partition coefficient (Wildman–Crippen LogP) is 2.19. The van der Waals surface area contributed by atoms with Crippen molar-refractivity contribution >= 4 is 39.8 Å². The maximum Gasteiger partial charge on any atom is 0.226 e. The molecule has 1 aromatic rings. The lowest BCUT2D eigenvalue weighted by molar-refractivity contribution is 0.274. The van der Waals surface area contributed by atoms with Gasteiger partial charge in [0.2, 0.25) is 5.89 Å². The van der Waals surface area contributed by atoms with Crippen LogP contribution >= 0.6 is 24.0 Å². The Morgan fingerprint density at radius 1 is 1.29 bits per heavy atom. The number of nitrogens with zero attached hydrogens (tertiary/aromatic N) is 4. The topological polar surface area (TPSA) is 101 Å². The smallest absolute Gasteiger partial charge is 0.226 e. The first-order valence-electron chi connectivity index (χ1n) is 10.1. The first-order valence-corrected chi connectivity index (χ1v) is 11.7. The Morgan fingerprint density at radius 3 is 2.68 bits per heavy atom. The first kappa shape index (κ1) is 23.4. The summed E-state index contributed by atoms with van der Waals surface area (Å²) in [5, 5.41) is 7.28. The Balaban J connectivity index is 0.00000280. The molecule has 1 saturated carbocycles. The standard InChI is InChI=1S/C18H31N5O3S.HI/c1-3-16-21-15(22-26-16)8-11-20-17(19-4-2)23-12-13-27(24,25)18(14-23)9-6-5-7-10-18;/h3-14H2,1-2H3,(H,19,20);1H. The van der Waals surface area contributed by atoms with E-state index >= 15 is 0 Å². The number of rotatable bonds is 5. The van der Waals surface area contributed by atoms with Gasteiger partial charge >= 0.3 is 0 Å². The maximum atomic E-state index is 12.8. The van der Waals surface area contributed by atoms with Gasteiger partial charge in [-0.25, -0.2) is 8.42 Å². The van der Waals surface area contributed by atoms with Gasteiger partial charge in [-0.05, 0) is 19.8 Å². The minimum absolute atomic E-state index is 0. The van der Waals surface area contributed by atoms with Gasteiger partial charge in [0.15, 0.2) is 21.6 Å². The third-order valence-corrected chi connectivity index (χ3v) is 8.15. The molecule has 0 atom stereocenters. The number of sulfone groups is 1. The molecule has 10 heteroatoms. The van der Waals surface area contributed by atoms with Crippen LogP contribution in [0.1, 0.15) is 57.7 Å². The van der Waals surface area contributed by atoms with E-state index in [2.05, 4.69) is 20.4 Å². The highest BCUT2D eigenvalue weighted by molar-refractivity contribution is 14.0. The van der Waals surface area contributed by atoms with Gasteiger partial charge in [0, 0.05) is 39.0 Å². The normalized spacial score (nSPS) is 21.4. The highest BCUT2D eigenvalue weighted by Gasteiger charge is 2.48. The summed E-state index contributed by atoms with van der Waals surface area (Å²) in [6.07, 6.45) is 6.01. The average molecular weight is 525 g/mol. The number of guanidine groups is 1. The summed E-state index contributed by atoms with van der Waals surface area (Å²) in [5.41, 5.74) is 0. The summed E-state index contributed by atoms with van der Waals surface area (Å²) in [6, 6.07) is 0. The quantitative estimate of drug-likeness (QED) is 0.357. The van der Waals surface area contributed by atoms with Crippen molar-refractivity contribution in [3.63, 3.8) is 0 Å². The van der Waals surface area contributed by atoms with Gasteiger partial charge in [0.05, 0.1) is 10.5 Å². The van der Waals surface area contributed by atoms with Gasteiger partial charge in [-0.1, -0.05) is 31.3 Å². The molecule has 28 heavy (non-hydrogen) atoms. The van der Waals surface area contributed by atoms with Gasteiger partial charge in [0.1, 0.15) is 0 Å². The minimum Gasteiger partial charge on any atom is -0.357 e. The molecule has 1 N–H and O–H groups in total. The lowest BCUT2D eigenvalue weighted by atomic mass is 9.87. The molecule has 1 saturated heterocycles. The van der Waals surface area contributed by atoms with Crippen molar-refractivity contribution < 1.29 is 12.9 Å². The predicted molar refractivity (Wildman–Crippen MR) is 120 cm³/mol. The van der Waals surface area contributed by atoms with Crippen molar-refractivity contribution in [1.82, 2.24) is 20.4 Å². The highest BCUT2D eigenvalue weighted by Crippen LogP contribution is 2.38. The summed E-state index contributed by atoms with van der Waals surface area (Å²) in [5.74, 6) is 2.30. The molecule has 2 aliphatic rings. The Kier molecular flexibility index (Phi) is 8.53. The second kappa shape index (κ2) is 10.2. The van der Waals surface area contributed by atoms with Crippen molar-refractivity contribution in [2.75, 3.05) is 31.9 Å². The molecule has 2 fully saturated rings. The molecule has 0 radical (unpaired) electrons. The fourth-order valence-corrected chi connectivity index (χ4v) is 6.20. The molecule has 1 aromatic heterocycles. The Hall–Kier alpha value is -0.910. The summed E-state index contributed by atoms with van der Waals surface area (Å²) >= 11 is 0. The van der Waals surface area contributed by atoms with Crippen LogP contribution in [-0.2, 0) is 22.7 Å². The number of halogens is 1. The molecule has 1 spiro atoms. The van der Waals surface area contributed by atoms with Crippen molar-refractivity contribution in [1.29, 1.82) is 0 Å². The number of aryl methyl sites for hydroxylation is 1. The van der Waals surface area contributed by atoms with Crippen molar-refractivity contribution in [3.8, 4) is 0 Å². The van der Waals surface area contributed by atoms with E-state index in [4.69, 9.17) is 9.52 Å². The Bertz CT molecular complexity index is 759. The van der Waals surface area contributed by atoms with E-state index in [9.17, 15) is 8.42 Å². The number of hydrogen-bond acceptors (Lipinski definition) is 6. The summed E-state index contributed by atoms with van der Waals surface area (Å²) in [7, 11) is -3.05. The van der Waals surface area contributed by atoms with E-state index in [0.717, 1.165) is 51.0 Å². The first-order chi connectivity index (χ1) is 13.0. The minimum atomic E-state index is -3.05. The highest BCUT2D eigenvalue weighted by atomic mass is 127. The molecule has 0 bridgehead atoms. The zero-order valence-corrected chi connectivity index (χ0v) is 20.0. The van der Waals surface area contributed by atoms with Gasteiger partial charge in [-0.2, -0.15) is 4.98 Å². The van der Waals surface area contributed by atoms with Crippen LogP contribution in [-0.4, -0.2) is 66.1 Å². The average Bonchev–Trinajstić information content (AvgIpc) is 3.12. The molecular formula is C18H32IN5O3S. The zero-order chi connectivity index (χ0) is 19.3. The Morgan fingerprint density at radius 2 is 2.04 bits per heavy atom. The van der Waals surface area contributed by atoms with Crippen LogP contribution in [0, 0.1) is 0 Å². The molecule has 0 amide bonds. The van der Waals surface area contributed by atoms with Gasteiger partial charge < -0.3 is 14.7 Å². The van der Waals surface area contributed by atoms with Crippen molar-refractivity contribution in [2.45, 2.75) is 63.5 Å². The fourth-order valence-electron chi connectivity index (χ4n) is 4.04. The largest absolute Gasteiger partial charge is 0.357 e. The molecule has 160 valence electrons. The fraction of sp³-hybridized carbons (Fsp3) is 0.833. The van der Waals surface area contributed by atoms with E-state index in [-0.39, 0.29) is 29.7 Å². The molecule has 3 rings (SSSR count). The molecule has 1 aliphatic carbocycles. The van der Waals surface area contributed by atoms with E-state index in [1.165, 1.54) is 0 Å². The molecule has 2 heterocycles. The van der Waals surface area contributed by atoms with Crippen molar-refractivity contribution in [3.05, 3.63) is 11.7 Å². The molecule has 8 nitrogen and oxygen atoms in total. The van der Waals surface area contributed by atoms with Gasteiger partial charge in [-0.15, -0.1) is 24.0 Å². The van der Waals surface area contributed by atoms with E-state index < -0.39 is 14.6 Å². The Labute approximate surface area is 184 Å². The van der Waals surface area contributed by atoms with Crippen LogP contribution in [0.25, 0.3) is 0 Å². The van der Waals surface area contributed by atoms with Crippen LogP contribution in [0.3, 0.4) is 0 Å². The van der Waals surface area contributed by atoms with Crippen LogP contribution in [0.4, 0.5) is 0 Å². The number of nitrogens with one attached hydrogen (secondary N) is 1. The van der Waals surface area contributed by atoms with Crippen LogP contribution < -0.4 is 5.32 Å². The van der Waals surface area contributed by atoms with E-state index in [0.29, 0.717) is 37.8 Å². The number of aliphatic imine (C=N–C) groups is 1. The van der Waals surface area contributed by atoms with Gasteiger partial charge in [-0.3, -0.25) is 4.99 Å². The maximum absolute atomic E-state index is 12.8. The second-order valence-corrected chi connectivity index (χ2v) is 9.93. The molecule has 1 aliphatic heterocycles. The van der Waals surface area contributed by atoms with Gasteiger partial charge in [0.25, 0.3) is 0 Å². The zero-order valence-electron chi connectivity index (χ0n) is 16.8. The molecule has 0 aromatic carbocycles. The summed E-state index contributed by atoms with van der Waals surface area (Å²) in [4.78, 5) is 11.1. The summed E-state index contributed by atoms with van der Waals surface area (Å²) < 4.78 is 30.1. The third kappa shape index (κ3) is 5.17. The van der Waals surface area contributed by atoms with Crippen LogP contribution in [0.5, 0.6) is 0 Å². The molecular weight excluding hydrogens is 493 g/mol. The number of hydrogen-bond donors (Lipinski definition) is 1. The van der Waals surface area contributed by atoms with E-state index in [1.807, 2.05) is 13.8 Å². The molecule has 0 unspecified atom stereocenters. The lowest BCUT2D eigenvalue weighted by Gasteiger charge is -2.45. The number of aromatic nitrogens is 2. The lowest BCUT2D eigenvalue weighted by Crippen LogP contribution is -2.60. The monoisotopic (exact) mass is 525 g/mol. The van der Waals surface area contributed by atoms with Crippen molar-refractivity contribution in [2.24, 2.45) is 4.99 Å². The van der Waals surface area contributed by atoms with Crippen LogP contribution in [0.2, 0.25) is 0 Å². The van der Waals surface area contributed by atoms with Crippen LogP contribution in [0.15, 0.2) is 9.52 Å². The second-order valence-electron chi connectivity index (χ2n) is 7.43.